The van der Waals surface area contributed by atoms with Crippen LogP contribution in [0.25, 0.3) is 0 Å². The van der Waals surface area contributed by atoms with Crippen molar-refractivity contribution < 1.29 is 4.79 Å². The predicted octanol–water partition coefficient (Wildman–Crippen LogP) is 1.25. The van der Waals surface area contributed by atoms with Gasteiger partial charge in [-0.3, -0.25) is 9.69 Å². The summed E-state index contributed by atoms with van der Waals surface area (Å²) in [6.45, 7) is 6.35. The summed E-state index contributed by atoms with van der Waals surface area (Å²) < 4.78 is 4.18. The third-order valence-electron chi connectivity index (χ3n) is 6.13. The third-order valence-corrected chi connectivity index (χ3v) is 6.13. The minimum atomic E-state index is 0.203. The first-order chi connectivity index (χ1) is 13.1. The molecule has 0 N–H and O–H groups in total. The molecule has 2 fully saturated rings. The van der Waals surface area contributed by atoms with Gasteiger partial charge in [0.1, 0.15) is 5.82 Å². The second-order valence-corrected chi connectivity index (χ2v) is 7.84. The van der Waals surface area contributed by atoms with Crippen molar-refractivity contribution in [2.45, 2.75) is 51.1 Å². The lowest BCUT2D eigenvalue weighted by Crippen LogP contribution is -2.49. The van der Waals surface area contributed by atoms with Crippen LogP contribution < -0.4 is 0 Å². The van der Waals surface area contributed by atoms with Crippen LogP contribution in [0.3, 0.4) is 0 Å². The molecule has 0 radical (unpaired) electrons. The van der Waals surface area contributed by atoms with E-state index in [0.717, 1.165) is 50.7 Å². The topological polar surface area (TPSA) is 72.1 Å². The first-order valence-electron chi connectivity index (χ1n) is 9.95. The minimum Gasteiger partial charge on any atom is -0.343 e. The van der Waals surface area contributed by atoms with E-state index in [2.05, 4.69) is 31.7 Å². The van der Waals surface area contributed by atoms with E-state index in [1.165, 1.54) is 12.8 Å². The summed E-state index contributed by atoms with van der Waals surface area (Å²) in [7, 11) is 2.08. The fourth-order valence-electron chi connectivity index (χ4n) is 4.51. The second kappa shape index (κ2) is 7.80. The molecular formula is C19H29N7O. The number of imidazole rings is 1. The van der Waals surface area contributed by atoms with Gasteiger partial charge in [0.2, 0.25) is 5.91 Å². The number of likely N-dealkylation sites (tertiary alicyclic amines) is 2. The zero-order valence-electron chi connectivity index (χ0n) is 16.3. The highest BCUT2D eigenvalue weighted by Crippen LogP contribution is 2.29. The van der Waals surface area contributed by atoms with Gasteiger partial charge in [0, 0.05) is 58.0 Å². The largest absolute Gasteiger partial charge is 0.343 e. The fraction of sp³-hybridized carbons (Fsp3) is 0.684. The van der Waals surface area contributed by atoms with Crippen LogP contribution in [0.4, 0.5) is 0 Å². The Balaban J connectivity index is 1.40. The van der Waals surface area contributed by atoms with Crippen molar-refractivity contribution in [2.24, 2.45) is 7.05 Å². The van der Waals surface area contributed by atoms with Crippen LogP contribution in [0.15, 0.2) is 18.7 Å². The van der Waals surface area contributed by atoms with Gasteiger partial charge < -0.3 is 14.0 Å². The van der Waals surface area contributed by atoms with E-state index in [-0.39, 0.29) is 5.91 Å². The van der Waals surface area contributed by atoms with Crippen molar-refractivity contribution in [2.75, 3.05) is 26.2 Å². The number of nitrogens with zero attached hydrogens (tertiary/aromatic N) is 7. The Kier molecular flexibility index (Phi) is 5.24. The molecule has 1 atom stereocenters. The zero-order valence-corrected chi connectivity index (χ0v) is 16.3. The van der Waals surface area contributed by atoms with E-state index in [1.54, 1.807) is 13.1 Å². The molecule has 2 aromatic rings. The SMILES string of the molecule is CC(=O)N1CCC(N2CCCC(c3nnc(Cn4ccnc4)n3C)C2)CC1. The van der Waals surface area contributed by atoms with Crippen molar-refractivity contribution in [3.05, 3.63) is 30.4 Å². The number of hydrogen-bond donors (Lipinski definition) is 0. The average Bonchev–Trinajstić information content (AvgIpc) is 3.33. The van der Waals surface area contributed by atoms with Gasteiger partial charge in [-0.25, -0.2) is 4.98 Å². The third kappa shape index (κ3) is 3.90. The smallest absolute Gasteiger partial charge is 0.219 e. The van der Waals surface area contributed by atoms with Crippen LogP contribution >= 0.6 is 0 Å². The Labute approximate surface area is 160 Å². The number of amides is 1. The van der Waals surface area contributed by atoms with Crippen LogP contribution in [0.1, 0.15) is 50.2 Å². The molecule has 2 aliphatic rings. The van der Waals surface area contributed by atoms with Gasteiger partial charge in [-0.1, -0.05) is 0 Å². The quantitative estimate of drug-likeness (QED) is 0.809. The highest BCUT2D eigenvalue weighted by molar-refractivity contribution is 5.73. The molecule has 0 bridgehead atoms. The fourth-order valence-corrected chi connectivity index (χ4v) is 4.51. The van der Waals surface area contributed by atoms with E-state index in [9.17, 15) is 4.79 Å². The molecule has 8 nitrogen and oxygen atoms in total. The molecule has 27 heavy (non-hydrogen) atoms. The van der Waals surface area contributed by atoms with Gasteiger partial charge >= 0.3 is 0 Å². The average molecular weight is 371 g/mol. The molecule has 2 aromatic heterocycles. The van der Waals surface area contributed by atoms with Crippen LogP contribution in [0.2, 0.25) is 0 Å². The van der Waals surface area contributed by atoms with Crippen molar-refractivity contribution >= 4 is 5.91 Å². The Morgan fingerprint density at radius 1 is 1.19 bits per heavy atom. The maximum absolute atomic E-state index is 11.6. The van der Waals surface area contributed by atoms with E-state index >= 15 is 0 Å². The van der Waals surface area contributed by atoms with Gasteiger partial charge in [0.05, 0.1) is 12.9 Å². The summed E-state index contributed by atoms with van der Waals surface area (Å²) in [5.74, 6) is 2.69. The molecule has 0 spiro atoms. The van der Waals surface area contributed by atoms with Crippen molar-refractivity contribution in [3.8, 4) is 0 Å². The van der Waals surface area contributed by atoms with Crippen LogP contribution in [0, 0.1) is 0 Å². The first kappa shape index (κ1) is 18.2. The van der Waals surface area contributed by atoms with Gasteiger partial charge in [-0.15, -0.1) is 10.2 Å². The van der Waals surface area contributed by atoms with E-state index in [0.29, 0.717) is 18.5 Å². The van der Waals surface area contributed by atoms with E-state index in [1.807, 2.05) is 22.0 Å². The molecule has 0 saturated carbocycles. The molecule has 4 heterocycles. The molecule has 4 rings (SSSR count). The minimum absolute atomic E-state index is 0.203. The van der Waals surface area contributed by atoms with E-state index < -0.39 is 0 Å². The zero-order chi connectivity index (χ0) is 18.8. The normalized spacial score (nSPS) is 22.3. The molecule has 2 saturated heterocycles. The Morgan fingerprint density at radius 2 is 2.00 bits per heavy atom. The molecule has 2 aliphatic heterocycles. The summed E-state index contributed by atoms with van der Waals surface area (Å²) in [5, 5.41) is 8.97. The van der Waals surface area contributed by atoms with Crippen LogP contribution in [0.5, 0.6) is 0 Å². The molecule has 1 amide bonds. The number of piperidine rings is 2. The van der Waals surface area contributed by atoms with Crippen LogP contribution in [-0.2, 0) is 18.4 Å². The summed E-state index contributed by atoms with van der Waals surface area (Å²) in [6, 6.07) is 0.585. The van der Waals surface area contributed by atoms with Gasteiger partial charge in [-0.05, 0) is 32.2 Å². The highest BCUT2D eigenvalue weighted by atomic mass is 16.2. The van der Waals surface area contributed by atoms with Crippen molar-refractivity contribution in [1.29, 1.82) is 0 Å². The van der Waals surface area contributed by atoms with Gasteiger partial charge in [0.25, 0.3) is 0 Å². The Morgan fingerprint density at radius 3 is 2.70 bits per heavy atom. The molecule has 146 valence electrons. The molecule has 0 aliphatic carbocycles. The lowest BCUT2D eigenvalue weighted by atomic mass is 9.93. The number of carbonyl (C=O) groups is 1. The lowest BCUT2D eigenvalue weighted by molar-refractivity contribution is -0.130. The Bertz CT molecular complexity index is 761. The van der Waals surface area contributed by atoms with Gasteiger partial charge in [0.15, 0.2) is 5.82 Å². The van der Waals surface area contributed by atoms with E-state index in [4.69, 9.17) is 0 Å². The molecule has 8 heteroatoms. The lowest BCUT2D eigenvalue weighted by Gasteiger charge is -2.42. The summed E-state index contributed by atoms with van der Waals surface area (Å²) >= 11 is 0. The van der Waals surface area contributed by atoms with Crippen molar-refractivity contribution in [3.63, 3.8) is 0 Å². The number of carbonyl (C=O) groups excluding carboxylic acids is 1. The summed E-state index contributed by atoms with van der Waals surface area (Å²) in [6.07, 6.45) is 10.1. The maximum atomic E-state index is 11.6. The molecule has 0 aromatic carbocycles. The monoisotopic (exact) mass is 371 g/mol. The standard InChI is InChI=1S/C19H29N7O/c1-15(27)25-9-5-17(6-10-25)26-8-3-4-16(12-26)19-22-21-18(23(19)2)13-24-11-7-20-14-24/h7,11,14,16-17H,3-6,8-10,12-13H2,1-2H3. The summed E-state index contributed by atoms with van der Waals surface area (Å²) in [4.78, 5) is 20.3. The first-order valence-corrected chi connectivity index (χ1v) is 9.95. The number of hydrogen-bond acceptors (Lipinski definition) is 5. The van der Waals surface area contributed by atoms with Crippen LogP contribution in [-0.4, -0.2) is 72.2 Å². The van der Waals surface area contributed by atoms with Crippen molar-refractivity contribution in [1.82, 2.24) is 34.1 Å². The molecule has 1 unspecified atom stereocenters. The maximum Gasteiger partial charge on any atom is 0.219 e. The number of rotatable bonds is 4. The Hall–Kier alpha value is -2.22. The molecular weight excluding hydrogens is 342 g/mol. The highest BCUT2D eigenvalue weighted by Gasteiger charge is 2.31. The predicted molar refractivity (Wildman–Crippen MR) is 101 cm³/mol. The summed E-state index contributed by atoms with van der Waals surface area (Å²) in [5.41, 5.74) is 0. The van der Waals surface area contributed by atoms with Gasteiger partial charge in [-0.2, -0.15) is 0 Å². The second-order valence-electron chi connectivity index (χ2n) is 7.84. The number of aromatic nitrogens is 5.